The van der Waals surface area contributed by atoms with E-state index < -0.39 is 4.92 Å². The van der Waals surface area contributed by atoms with E-state index in [0.29, 0.717) is 12.4 Å². The number of nitrogens with zero attached hydrogens (tertiary/aromatic N) is 1. The molecule has 0 saturated carbocycles. The smallest absolute Gasteiger partial charge is 0.273 e. The fourth-order valence-electron chi connectivity index (χ4n) is 1.31. The molecule has 4 heteroatoms. The van der Waals surface area contributed by atoms with Gasteiger partial charge in [-0.3, -0.25) is 10.1 Å². The van der Waals surface area contributed by atoms with E-state index in [0.717, 1.165) is 12.0 Å². The number of non-ortho nitro benzene ring substituents is 1. The molecule has 1 heterocycles. The zero-order valence-corrected chi connectivity index (χ0v) is 6.90. The van der Waals surface area contributed by atoms with Crippen LogP contribution in [-0.2, 0) is 0 Å². The number of fused-ring (bicyclic) bond motifs is 1. The summed E-state index contributed by atoms with van der Waals surface area (Å²) in [6, 6.07) is 4.67. The van der Waals surface area contributed by atoms with Gasteiger partial charge >= 0.3 is 0 Å². The van der Waals surface area contributed by atoms with Crippen LogP contribution in [-0.4, -0.2) is 11.5 Å². The Balaban J connectivity index is 2.40. The topological polar surface area (TPSA) is 52.4 Å². The Morgan fingerprint density at radius 1 is 1.46 bits per heavy atom. The van der Waals surface area contributed by atoms with Crippen molar-refractivity contribution in [2.45, 2.75) is 6.42 Å². The van der Waals surface area contributed by atoms with Gasteiger partial charge in [-0.1, -0.05) is 0 Å². The number of nitro benzene ring substituents is 1. The lowest BCUT2D eigenvalue weighted by Crippen LogP contribution is -2.06. The molecule has 0 amide bonds. The third-order valence-corrected chi connectivity index (χ3v) is 1.95. The van der Waals surface area contributed by atoms with Crippen LogP contribution in [0.3, 0.4) is 0 Å². The van der Waals surface area contributed by atoms with E-state index in [1.54, 1.807) is 6.07 Å². The summed E-state index contributed by atoms with van der Waals surface area (Å²) in [6.07, 6.45) is 2.88. The Bertz CT molecular complexity index is 349. The predicted octanol–water partition coefficient (Wildman–Crippen LogP) is 1.93. The second-order valence-corrected chi connectivity index (χ2v) is 2.82. The first kappa shape index (κ1) is 8.04. The Morgan fingerprint density at radius 2 is 2.31 bits per heavy atom. The molecule has 0 saturated heterocycles. The molecular weight excluding hydrogens is 170 g/mol. The molecule has 67 valence electrons. The molecule has 0 atom stereocenters. The number of hydrogen-bond acceptors (Lipinski definition) is 3. The number of hydrogen-bond donors (Lipinski definition) is 0. The molecule has 13 heavy (non-hydrogen) atoms. The van der Waals surface area contributed by atoms with Gasteiger partial charge in [-0.15, -0.1) is 0 Å². The monoisotopic (exact) mass is 178 g/mol. The van der Waals surface area contributed by atoms with Crippen molar-refractivity contribution >= 4 is 5.69 Å². The molecule has 4 nitrogen and oxygen atoms in total. The minimum Gasteiger partial charge on any atom is -0.493 e. The molecule has 0 fully saturated rings. The number of benzene rings is 1. The van der Waals surface area contributed by atoms with Crippen LogP contribution >= 0.6 is 0 Å². The summed E-state index contributed by atoms with van der Waals surface area (Å²) in [6.45, 7) is 0.605. The molecule has 0 unspecified atom stereocenters. The van der Waals surface area contributed by atoms with Gasteiger partial charge in [0.2, 0.25) is 0 Å². The van der Waals surface area contributed by atoms with Crippen LogP contribution in [0.2, 0.25) is 0 Å². The summed E-state index contributed by atoms with van der Waals surface area (Å²) < 4.78 is 5.28. The average molecular weight is 178 g/mol. The van der Waals surface area contributed by atoms with Crippen molar-refractivity contribution in [3.63, 3.8) is 0 Å². The number of ether oxygens (including phenoxy) is 1. The SMILES string of the molecule is O=[N+]([O-])c1ccc2c(c1)OCC[CH]2. The maximum atomic E-state index is 10.4. The van der Waals surface area contributed by atoms with Gasteiger partial charge in [-0.05, 0) is 24.5 Å². The van der Waals surface area contributed by atoms with Crippen LogP contribution in [0.5, 0.6) is 5.75 Å². The van der Waals surface area contributed by atoms with Gasteiger partial charge in [0.15, 0.2) is 0 Å². The number of rotatable bonds is 1. The largest absolute Gasteiger partial charge is 0.493 e. The van der Waals surface area contributed by atoms with Crippen LogP contribution in [0, 0.1) is 16.5 Å². The molecule has 0 aliphatic carbocycles. The molecule has 1 aliphatic heterocycles. The first-order chi connectivity index (χ1) is 6.27. The number of nitro groups is 1. The van der Waals surface area contributed by atoms with Gasteiger partial charge in [0.1, 0.15) is 5.75 Å². The summed E-state index contributed by atoms with van der Waals surface area (Å²) in [5.74, 6) is 0.612. The minimum atomic E-state index is -0.418. The Hall–Kier alpha value is -1.58. The molecule has 0 N–H and O–H groups in total. The molecule has 1 aromatic rings. The van der Waals surface area contributed by atoms with Crippen molar-refractivity contribution < 1.29 is 9.66 Å². The predicted molar refractivity (Wildman–Crippen MR) is 46.6 cm³/mol. The van der Waals surface area contributed by atoms with E-state index in [-0.39, 0.29) is 5.69 Å². The zero-order valence-electron chi connectivity index (χ0n) is 6.90. The maximum Gasteiger partial charge on any atom is 0.273 e. The molecular formula is C9H8NO3. The highest BCUT2D eigenvalue weighted by atomic mass is 16.6. The van der Waals surface area contributed by atoms with Crippen molar-refractivity contribution in [2.75, 3.05) is 6.61 Å². The lowest BCUT2D eigenvalue weighted by molar-refractivity contribution is -0.385. The van der Waals surface area contributed by atoms with Gasteiger partial charge in [-0.25, -0.2) is 0 Å². The van der Waals surface area contributed by atoms with E-state index in [9.17, 15) is 10.1 Å². The van der Waals surface area contributed by atoms with E-state index in [4.69, 9.17) is 4.74 Å². The quantitative estimate of drug-likeness (QED) is 0.487. The lowest BCUT2D eigenvalue weighted by atomic mass is 10.1. The van der Waals surface area contributed by atoms with Crippen molar-refractivity contribution in [3.05, 3.63) is 40.3 Å². The van der Waals surface area contributed by atoms with Gasteiger partial charge in [0, 0.05) is 6.07 Å². The zero-order chi connectivity index (χ0) is 9.26. The third kappa shape index (κ3) is 1.47. The molecule has 0 bridgehead atoms. The standard InChI is InChI=1S/C9H8NO3/c11-10(12)8-4-3-7-2-1-5-13-9(7)6-8/h2-4,6H,1,5H2. The lowest BCUT2D eigenvalue weighted by Gasteiger charge is -2.15. The van der Waals surface area contributed by atoms with E-state index >= 15 is 0 Å². The molecule has 1 aliphatic rings. The van der Waals surface area contributed by atoms with Gasteiger partial charge in [-0.2, -0.15) is 0 Å². The van der Waals surface area contributed by atoms with Crippen LogP contribution in [0.4, 0.5) is 5.69 Å². The van der Waals surface area contributed by atoms with Gasteiger partial charge in [0.05, 0.1) is 17.6 Å². The second-order valence-electron chi connectivity index (χ2n) is 2.82. The fraction of sp³-hybridized carbons (Fsp3) is 0.222. The minimum absolute atomic E-state index is 0.0778. The van der Waals surface area contributed by atoms with Crippen molar-refractivity contribution in [3.8, 4) is 5.75 Å². The summed E-state index contributed by atoms with van der Waals surface area (Å²) in [4.78, 5) is 10.0. The Kier molecular flexibility index (Phi) is 1.88. The Morgan fingerprint density at radius 3 is 3.08 bits per heavy atom. The third-order valence-electron chi connectivity index (χ3n) is 1.95. The van der Waals surface area contributed by atoms with Gasteiger partial charge < -0.3 is 4.74 Å². The van der Waals surface area contributed by atoms with Crippen molar-refractivity contribution in [2.24, 2.45) is 0 Å². The van der Waals surface area contributed by atoms with E-state index in [1.165, 1.54) is 12.1 Å². The second kappa shape index (κ2) is 3.05. The fourth-order valence-corrected chi connectivity index (χ4v) is 1.31. The molecule has 1 radical (unpaired) electrons. The van der Waals surface area contributed by atoms with Crippen LogP contribution < -0.4 is 4.74 Å². The molecule has 1 aromatic carbocycles. The van der Waals surface area contributed by atoms with Gasteiger partial charge in [0.25, 0.3) is 5.69 Å². The van der Waals surface area contributed by atoms with Crippen LogP contribution in [0.15, 0.2) is 18.2 Å². The summed E-state index contributed by atoms with van der Waals surface area (Å²) >= 11 is 0. The van der Waals surface area contributed by atoms with Crippen LogP contribution in [0.1, 0.15) is 12.0 Å². The highest BCUT2D eigenvalue weighted by Crippen LogP contribution is 2.29. The van der Waals surface area contributed by atoms with E-state index in [1.807, 2.05) is 6.42 Å². The average Bonchev–Trinajstić information content (AvgIpc) is 2.17. The highest BCUT2D eigenvalue weighted by molar-refractivity contribution is 5.48. The first-order valence-corrected chi connectivity index (χ1v) is 4.02. The molecule has 0 aromatic heterocycles. The molecule has 0 spiro atoms. The summed E-state index contributed by atoms with van der Waals surface area (Å²) in [5, 5.41) is 10.4. The highest BCUT2D eigenvalue weighted by Gasteiger charge is 2.14. The summed E-state index contributed by atoms with van der Waals surface area (Å²) in [5.41, 5.74) is 1.02. The van der Waals surface area contributed by atoms with Crippen molar-refractivity contribution in [1.29, 1.82) is 0 Å². The molecule has 2 rings (SSSR count). The first-order valence-electron chi connectivity index (χ1n) is 4.02. The maximum absolute atomic E-state index is 10.4. The van der Waals surface area contributed by atoms with Crippen molar-refractivity contribution in [1.82, 2.24) is 0 Å². The van der Waals surface area contributed by atoms with Crippen LogP contribution in [0.25, 0.3) is 0 Å². The Labute approximate surface area is 75.3 Å². The van der Waals surface area contributed by atoms with E-state index in [2.05, 4.69) is 0 Å². The normalized spacial score (nSPS) is 14.5. The summed E-state index contributed by atoms with van der Waals surface area (Å²) in [7, 11) is 0.